The predicted molar refractivity (Wildman–Crippen MR) is 125 cm³/mol. The molecule has 0 spiro atoms. The highest BCUT2D eigenvalue weighted by Crippen LogP contribution is 2.46. The molecule has 0 radical (unpaired) electrons. The number of amides is 2. The number of hydrogen-bond donors (Lipinski definition) is 3. The van der Waals surface area contributed by atoms with Crippen molar-refractivity contribution in [1.82, 2.24) is 4.90 Å². The van der Waals surface area contributed by atoms with E-state index in [0.717, 1.165) is 28.9 Å². The molecule has 1 aliphatic carbocycles. The van der Waals surface area contributed by atoms with Gasteiger partial charge in [0.1, 0.15) is 5.75 Å². The van der Waals surface area contributed by atoms with Crippen molar-refractivity contribution in [2.45, 2.75) is 45.1 Å². The Balaban J connectivity index is 1.84. The first-order valence-corrected chi connectivity index (χ1v) is 11.6. The van der Waals surface area contributed by atoms with Gasteiger partial charge in [0, 0.05) is 20.1 Å². The first kappa shape index (κ1) is 25.1. The summed E-state index contributed by atoms with van der Waals surface area (Å²) in [5.74, 6) is -2.04. The van der Waals surface area contributed by atoms with Gasteiger partial charge in [-0.1, -0.05) is 37.1 Å². The largest absolute Gasteiger partial charge is 0.508 e. The lowest BCUT2D eigenvalue weighted by atomic mass is 9.68. The van der Waals surface area contributed by atoms with E-state index >= 15 is 0 Å². The molecule has 0 bridgehead atoms. The van der Waals surface area contributed by atoms with Crippen molar-refractivity contribution in [2.75, 3.05) is 27.4 Å². The maximum Gasteiger partial charge on any atom is 0.233 e. The van der Waals surface area contributed by atoms with Crippen LogP contribution in [0.3, 0.4) is 0 Å². The molecule has 33 heavy (non-hydrogen) atoms. The number of aliphatic hydroxyl groups is 2. The van der Waals surface area contributed by atoms with E-state index in [1.54, 1.807) is 19.2 Å². The molecule has 7 heteroatoms. The van der Waals surface area contributed by atoms with Gasteiger partial charge in [-0.3, -0.25) is 14.5 Å². The van der Waals surface area contributed by atoms with Crippen LogP contribution in [0.15, 0.2) is 41.0 Å². The summed E-state index contributed by atoms with van der Waals surface area (Å²) in [5, 5.41) is 31.0. The van der Waals surface area contributed by atoms with Crippen LogP contribution in [0, 0.1) is 17.8 Å². The highest BCUT2D eigenvalue weighted by Gasteiger charge is 2.53. The number of carbonyl (C=O) groups excluding carboxylic acids is 2. The highest BCUT2D eigenvalue weighted by molar-refractivity contribution is 6.05. The molecule has 3 rings (SSSR count). The Morgan fingerprint density at radius 3 is 2.52 bits per heavy atom. The molecule has 7 nitrogen and oxygen atoms in total. The Bertz CT molecular complexity index is 919. The number of phenolic OH excluding ortho intramolecular Hbond substituents is 1. The number of fused-ring (bicyclic) bond motifs is 1. The predicted octanol–water partition coefficient (Wildman–Crippen LogP) is 2.90. The minimum Gasteiger partial charge on any atom is -0.508 e. The second-order valence-corrected chi connectivity index (χ2v) is 9.05. The summed E-state index contributed by atoms with van der Waals surface area (Å²) < 4.78 is 5.35. The molecule has 1 saturated heterocycles. The zero-order valence-corrected chi connectivity index (χ0v) is 19.7. The van der Waals surface area contributed by atoms with Crippen molar-refractivity contribution >= 4 is 17.9 Å². The van der Waals surface area contributed by atoms with Crippen LogP contribution in [-0.2, 0) is 14.3 Å². The van der Waals surface area contributed by atoms with E-state index < -0.39 is 23.9 Å². The molecule has 2 amide bonds. The molecule has 180 valence electrons. The van der Waals surface area contributed by atoms with Crippen molar-refractivity contribution in [3.8, 4) is 5.75 Å². The number of aromatic hydroxyl groups is 1. The number of allylic oxidation sites excluding steroid dienone is 1. The number of carbonyl (C=O) groups is 2. The summed E-state index contributed by atoms with van der Waals surface area (Å²) in [4.78, 5) is 26.5. The van der Waals surface area contributed by atoms with Crippen molar-refractivity contribution < 1.29 is 29.6 Å². The Morgan fingerprint density at radius 2 is 1.91 bits per heavy atom. The molecule has 2 aliphatic rings. The van der Waals surface area contributed by atoms with Gasteiger partial charge in [-0.15, -0.1) is 0 Å². The molecular formula is C26H35NO6. The Morgan fingerprint density at radius 1 is 1.21 bits per heavy atom. The van der Waals surface area contributed by atoms with Crippen molar-refractivity contribution in [3.05, 3.63) is 46.5 Å². The highest BCUT2D eigenvalue weighted by atomic mass is 16.5. The number of imide groups is 1. The molecule has 0 aromatic heterocycles. The van der Waals surface area contributed by atoms with Crippen LogP contribution >= 0.6 is 0 Å². The first-order valence-electron chi connectivity index (χ1n) is 11.6. The van der Waals surface area contributed by atoms with E-state index in [1.165, 1.54) is 12.6 Å². The summed E-state index contributed by atoms with van der Waals surface area (Å²) in [5.41, 5.74) is 3.62. The van der Waals surface area contributed by atoms with Gasteiger partial charge in [0.15, 0.2) is 0 Å². The molecule has 3 N–H and O–H groups in total. The summed E-state index contributed by atoms with van der Waals surface area (Å²) in [6, 6.07) is 6.99. The van der Waals surface area contributed by atoms with Crippen LogP contribution in [0.25, 0.3) is 6.08 Å². The van der Waals surface area contributed by atoms with E-state index in [0.29, 0.717) is 24.8 Å². The fourth-order valence-corrected chi connectivity index (χ4v) is 5.30. The van der Waals surface area contributed by atoms with Crippen LogP contribution in [0.5, 0.6) is 5.75 Å². The summed E-state index contributed by atoms with van der Waals surface area (Å²) >= 11 is 0. The van der Waals surface area contributed by atoms with E-state index in [9.17, 15) is 24.9 Å². The SMILES string of the molecule is CCC/C(=C\c1ccc(O)cc1)CC[C@@H](O)C1=C(COC)C[C@H]2C(=O)N(C)C(=O)[C@H]2[C@H]1CO. The maximum atomic E-state index is 12.8. The summed E-state index contributed by atoms with van der Waals surface area (Å²) in [6.45, 7) is 2.05. The molecule has 1 fully saturated rings. The summed E-state index contributed by atoms with van der Waals surface area (Å²) in [6.07, 6.45) is 4.53. The second kappa shape index (κ2) is 11.1. The van der Waals surface area contributed by atoms with Crippen molar-refractivity contribution in [1.29, 1.82) is 0 Å². The number of likely N-dealkylation sites (tertiary alicyclic amines) is 1. The number of aliphatic hydroxyl groups excluding tert-OH is 2. The number of benzene rings is 1. The summed E-state index contributed by atoms with van der Waals surface area (Å²) in [7, 11) is 3.04. The zero-order valence-electron chi connectivity index (χ0n) is 19.7. The van der Waals surface area contributed by atoms with Gasteiger partial charge in [-0.05, 0) is 54.5 Å². The molecule has 1 aliphatic heterocycles. The van der Waals surface area contributed by atoms with Gasteiger partial charge in [-0.2, -0.15) is 0 Å². The number of nitrogens with zero attached hydrogens (tertiary/aromatic N) is 1. The lowest BCUT2D eigenvalue weighted by Crippen LogP contribution is -2.39. The van der Waals surface area contributed by atoms with Crippen molar-refractivity contribution in [2.24, 2.45) is 17.8 Å². The smallest absolute Gasteiger partial charge is 0.233 e. The van der Waals surface area contributed by atoms with E-state index in [2.05, 4.69) is 13.0 Å². The number of hydrogen-bond acceptors (Lipinski definition) is 6. The second-order valence-electron chi connectivity index (χ2n) is 9.05. The van der Waals surface area contributed by atoms with Crippen LogP contribution < -0.4 is 0 Å². The number of methoxy groups -OCH3 is 1. The zero-order chi connectivity index (χ0) is 24.1. The minimum absolute atomic E-state index is 0.216. The Labute approximate surface area is 195 Å². The van der Waals surface area contributed by atoms with E-state index in [4.69, 9.17) is 4.74 Å². The van der Waals surface area contributed by atoms with E-state index in [-0.39, 0.29) is 30.8 Å². The van der Waals surface area contributed by atoms with Crippen LogP contribution in [0.2, 0.25) is 0 Å². The standard InChI is InChI=1S/C26H35NO6/c1-4-5-16(12-17-6-9-19(29)10-7-17)8-11-22(30)23-18(15-33-3)13-20-24(21(23)14-28)26(32)27(2)25(20)31/h6-7,9-10,12,20-22,24,28-30H,4-5,8,11,13-15H2,1-3H3/b16-12+/t20-,21+,22-,24-/m1/s1. The van der Waals surface area contributed by atoms with Crippen LogP contribution in [0.4, 0.5) is 0 Å². The third-order valence-electron chi connectivity index (χ3n) is 6.85. The van der Waals surface area contributed by atoms with Gasteiger partial charge in [0.2, 0.25) is 11.8 Å². The van der Waals surface area contributed by atoms with Gasteiger partial charge >= 0.3 is 0 Å². The first-order chi connectivity index (χ1) is 15.8. The Kier molecular flexibility index (Phi) is 8.46. The fourth-order valence-electron chi connectivity index (χ4n) is 5.30. The molecule has 0 saturated carbocycles. The topological polar surface area (TPSA) is 107 Å². The van der Waals surface area contributed by atoms with Gasteiger partial charge in [0.25, 0.3) is 0 Å². The van der Waals surface area contributed by atoms with Gasteiger partial charge < -0.3 is 20.1 Å². The van der Waals surface area contributed by atoms with Gasteiger partial charge in [-0.25, -0.2) is 0 Å². The molecule has 1 aromatic carbocycles. The van der Waals surface area contributed by atoms with E-state index in [1.807, 2.05) is 12.1 Å². The fraction of sp³-hybridized carbons (Fsp3) is 0.538. The van der Waals surface area contributed by atoms with Crippen LogP contribution in [-0.4, -0.2) is 65.5 Å². The lowest BCUT2D eigenvalue weighted by Gasteiger charge is -2.36. The lowest BCUT2D eigenvalue weighted by molar-refractivity contribution is -0.138. The molecule has 4 atom stereocenters. The maximum absolute atomic E-state index is 12.8. The monoisotopic (exact) mass is 457 g/mol. The Hall–Kier alpha value is -2.48. The third kappa shape index (κ3) is 5.37. The minimum atomic E-state index is -0.845. The van der Waals surface area contributed by atoms with Crippen molar-refractivity contribution in [3.63, 3.8) is 0 Å². The average Bonchev–Trinajstić information content (AvgIpc) is 3.02. The normalized spacial score (nSPS) is 24.5. The number of ether oxygens (including phenoxy) is 1. The van der Waals surface area contributed by atoms with Crippen LogP contribution in [0.1, 0.15) is 44.6 Å². The third-order valence-corrected chi connectivity index (χ3v) is 6.85. The number of phenols is 1. The molecular weight excluding hydrogens is 422 g/mol. The quantitative estimate of drug-likeness (QED) is 0.368. The number of rotatable bonds is 10. The molecule has 0 unspecified atom stereocenters. The molecule has 1 aromatic rings. The van der Waals surface area contributed by atoms with Gasteiger partial charge in [0.05, 0.1) is 31.2 Å². The average molecular weight is 458 g/mol. The molecule has 1 heterocycles.